The van der Waals surface area contributed by atoms with E-state index in [2.05, 4.69) is 16.2 Å². The van der Waals surface area contributed by atoms with Crippen molar-refractivity contribution in [3.63, 3.8) is 0 Å². The molecule has 2 rings (SSSR count). The number of fused-ring (bicyclic) bond motifs is 1. The van der Waals surface area contributed by atoms with Gasteiger partial charge in [-0.1, -0.05) is 11.1 Å². The number of terminal acetylenes is 1. The smallest absolute Gasteiger partial charge is 0.335 e. The van der Waals surface area contributed by atoms with E-state index in [-0.39, 0.29) is 5.56 Å². The third-order valence-corrected chi connectivity index (χ3v) is 2.00. The average molecular weight is 201 g/mol. The summed E-state index contributed by atoms with van der Waals surface area (Å²) >= 11 is 0. The van der Waals surface area contributed by atoms with Crippen molar-refractivity contribution in [2.45, 2.75) is 6.54 Å². The van der Waals surface area contributed by atoms with Crippen LogP contribution in [0.5, 0.6) is 0 Å². The van der Waals surface area contributed by atoms with Gasteiger partial charge in [0.1, 0.15) is 12.1 Å². The van der Waals surface area contributed by atoms with Gasteiger partial charge in [-0.2, -0.15) is 0 Å². The summed E-state index contributed by atoms with van der Waals surface area (Å²) in [7, 11) is 0. The van der Waals surface area contributed by atoms with Crippen LogP contribution in [0.15, 0.2) is 18.2 Å². The number of hydrogen-bond donors (Lipinski definition) is 1. The number of aromatic carboxylic acids is 1. The fourth-order valence-electron chi connectivity index (χ4n) is 1.31. The summed E-state index contributed by atoms with van der Waals surface area (Å²) in [5.41, 5.74) is 1.46. The number of carboxylic acids is 1. The normalized spacial score (nSPS) is 10.1. The van der Waals surface area contributed by atoms with Crippen molar-refractivity contribution in [3.8, 4) is 12.3 Å². The first-order valence-corrected chi connectivity index (χ1v) is 4.22. The molecule has 0 aliphatic rings. The molecule has 0 unspecified atom stereocenters. The first kappa shape index (κ1) is 9.21. The molecule has 1 aromatic heterocycles. The van der Waals surface area contributed by atoms with Crippen LogP contribution in [0.25, 0.3) is 11.0 Å². The standard InChI is InChI=1S/C10H7N3O2/c1-2-5-13-9-4-3-7(10(14)15)6-8(9)11-12-13/h1,3-4,6H,5H2,(H,14,15). The van der Waals surface area contributed by atoms with E-state index in [1.54, 1.807) is 10.7 Å². The second-order valence-electron chi connectivity index (χ2n) is 2.96. The number of nitrogens with zero attached hydrogens (tertiary/aromatic N) is 3. The van der Waals surface area contributed by atoms with Gasteiger partial charge in [0.2, 0.25) is 0 Å². The van der Waals surface area contributed by atoms with E-state index in [0.717, 1.165) is 5.52 Å². The number of rotatable bonds is 2. The predicted octanol–water partition coefficient (Wildman–Crippen LogP) is 0.763. The van der Waals surface area contributed by atoms with Gasteiger partial charge in [-0.3, -0.25) is 0 Å². The molecule has 0 saturated heterocycles. The lowest BCUT2D eigenvalue weighted by Crippen LogP contribution is -1.98. The molecule has 5 nitrogen and oxygen atoms in total. The number of aromatic nitrogens is 3. The van der Waals surface area contributed by atoms with Crippen molar-refractivity contribution in [1.29, 1.82) is 0 Å². The lowest BCUT2D eigenvalue weighted by molar-refractivity contribution is 0.0697. The van der Waals surface area contributed by atoms with Gasteiger partial charge in [-0.25, -0.2) is 9.48 Å². The van der Waals surface area contributed by atoms with Gasteiger partial charge in [0.25, 0.3) is 0 Å². The first-order valence-electron chi connectivity index (χ1n) is 4.22. The highest BCUT2D eigenvalue weighted by atomic mass is 16.4. The number of benzene rings is 1. The van der Waals surface area contributed by atoms with E-state index in [4.69, 9.17) is 11.5 Å². The molecule has 0 amide bonds. The average Bonchev–Trinajstić information content (AvgIpc) is 2.61. The van der Waals surface area contributed by atoms with Crippen molar-refractivity contribution in [1.82, 2.24) is 15.0 Å². The Hall–Kier alpha value is -2.35. The topological polar surface area (TPSA) is 68.0 Å². The van der Waals surface area contributed by atoms with Crippen LogP contribution in [-0.2, 0) is 6.54 Å². The Morgan fingerprint density at radius 3 is 3.07 bits per heavy atom. The van der Waals surface area contributed by atoms with Crippen LogP contribution in [0.4, 0.5) is 0 Å². The quantitative estimate of drug-likeness (QED) is 0.728. The summed E-state index contributed by atoms with van der Waals surface area (Å²) in [6.45, 7) is 0.322. The number of carbonyl (C=O) groups is 1. The summed E-state index contributed by atoms with van der Waals surface area (Å²) < 4.78 is 1.54. The largest absolute Gasteiger partial charge is 0.478 e. The van der Waals surface area contributed by atoms with E-state index in [1.165, 1.54) is 12.1 Å². The molecule has 74 valence electrons. The Morgan fingerprint density at radius 1 is 1.60 bits per heavy atom. The fourth-order valence-corrected chi connectivity index (χ4v) is 1.31. The van der Waals surface area contributed by atoms with E-state index in [9.17, 15) is 4.79 Å². The summed E-state index contributed by atoms with van der Waals surface area (Å²) in [5, 5.41) is 16.4. The van der Waals surface area contributed by atoms with Gasteiger partial charge >= 0.3 is 5.97 Å². The van der Waals surface area contributed by atoms with Crippen LogP contribution in [0, 0.1) is 12.3 Å². The lowest BCUT2D eigenvalue weighted by Gasteiger charge is -1.96. The molecule has 0 spiro atoms. The highest BCUT2D eigenvalue weighted by Crippen LogP contribution is 2.13. The Morgan fingerprint density at radius 2 is 2.40 bits per heavy atom. The van der Waals surface area contributed by atoms with Crippen LogP contribution >= 0.6 is 0 Å². The molecule has 1 N–H and O–H groups in total. The zero-order chi connectivity index (χ0) is 10.8. The van der Waals surface area contributed by atoms with Gasteiger partial charge in [0, 0.05) is 0 Å². The number of carboxylic acid groups (broad SMARTS) is 1. The highest BCUT2D eigenvalue weighted by Gasteiger charge is 2.07. The van der Waals surface area contributed by atoms with Crippen molar-refractivity contribution in [2.24, 2.45) is 0 Å². The monoisotopic (exact) mass is 201 g/mol. The molecule has 0 atom stereocenters. The molecule has 0 aliphatic heterocycles. The summed E-state index contributed by atoms with van der Waals surface area (Å²) in [4.78, 5) is 10.7. The van der Waals surface area contributed by atoms with Crippen LogP contribution in [0.3, 0.4) is 0 Å². The predicted molar refractivity (Wildman–Crippen MR) is 53.3 cm³/mol. The van der Waals surface area contributed by atoms with Crippen molar-refractivity contribution in [3.05, 3.63) is 23.8 Å². The molecular weight excluding hydrogens is 194 g/mol. The molecule has 0 radical (unpaired) electrons. The van der Waals surface area contributed by atoms with Crippen LogP contribution in [-0.4, -0.2) is 26.1 Å². The summed E-state index contributed by atoms with van der Waals surface area (Å²) in [6.07, 6.45) is 5.16. The van der Waals surface area contributed by atoms with Crippen molar-refractivity contribution >= 4 is 17.0 Å². The van der Waals surface area contributed by atoms with Gasteiger partial charge in [0.15, 0.2) is 0 Å². The van der Waals surface area contributed by atoms with Gasteiger partial charge < -0.3 is 5.11 Å². The second-order valence-corrected chi connectivity index (χ2v) is 2.96. The molecule has 5 heteroatoms. The molecular formula is C10H7N3O2. The molecule has 1 heterocycles. The maximum absolute atomic E-state index is 10.7. The maximum atomic E-state index is 10.7. The Labute approximate surface area is 85.3 Å². The summed E-state index contributed by atoms with van der Waals surface area (Å²) in [6, 6.07) is 4.62. The van der Waals surface area contributed by atoms with Gasteiger partial charge in [0.05, 0.1) is 11.1 Å². The number of hydrogen-bond acceptors (Lipinski definition) is 3. The molecule has 2 aromatic rings. The van der Waals surface area contributed by atoms with Crippen LogP contribution < -0.4 is 0 Å². The van der Waals surface area contributed by atoms with E-state index in [1.807, 2.05) is 0 Å². The van der Waals surface area contributed by atoms with E-state index < -0.39 is 5.97 Å². The minimum absolute atomic E-state index is 0.190. The molecule has 0 fully saturated rings. The Bertz CT molecular complexity index is 566. The van der Waals surface area contributed by atoms with Crippen molar-refractivity contribution < 1.29 is 9.90 Å². The Balaban J connectivity index is 2.57. The fraction of sp³-hybridized carbons (Fsp3) is 0.100. The first-order chi connectivity index (χ1) is 7.22. The molecule has 0 bridgehead atoms. The minimum Gasteiger partial charge on any atom is -0.478 e. The molecule has 0 saturated carbocycles. The molecule has 15 heavy (non-hydrogen) atoms. The van der Waals surface area contributed by atoms with Crippen LogP contribution in [0.2, 0.25) is 0 Å². The van der Waals surface area contributed by atoms with Crippen LogP contribution in [0.1, 0.15) is 10.4 Å². The lowest BCUT2D eigenvalue weighted by atomic mass is 10.2. The van der Waals surface area contributed by atoms with Gasteiger partial charge in [-0.05, 0) is 18.2 Å². The van der Waals surface area contributed by atoms with E-state index in [0.29, 0.717) is 12.1 Å². The SMILES string of the molecule is C#CCn1nnc2cc(C(=O)O)ccc21. The van der Waals surface area contributed by atoms with E-state index >= 15 is 0 Å². The van der Waals surface area contributed by atoms with Gasteiger partial charge in [-0.15, -0.1) is 11.5 Å². The third-order valence-electron chi connectivity index (χ3n) is 2.00. The summed E-state index contributed by atoms with van der Waals surface area (Å²) in [5.74, 6) is 1.46. The molecule has 0 aliphatic carbocycles. The third kappa shape index (κ3) is 1.53. The second kappa shape index (κ2) is 3.42. The molecule has 1 aromatic carbocycles. The Kier molecular flexibility index (Phi) is 2.10. The zero-order valence-electron chi connectivity index (χ0n) is 7.71. The maximum Gasteiger partial charge on any atom is 0.335 e. The zero-order valence-corrected chi connectivity index (χ0v) is 7.71. The highest BCUT2D eigenvalue weighted by molar-refractivity contribution is 5.92. The van der Waals surface area contributed by atoms with Crippen molar-refractivity contribution in [2.75, 3.05) is 0 Å². The minimum atomic E-state index is -0.983.